The van der Waals surface area contributed by atoms with Crippen molar-refractivity contribution in [2.45, 2.75) is 13.3 Å². The molecule has 0 atom stereocenters. The van der Waals surface area contributed by atoms with Gasteiger partial charge in [-0.05, 0) is 24.1 Å². The van der Waals surface area contributed by atoms with Crippen LogP contribution in [0.15, 0.2) is 18.2 Å². The van der Waals surface area contributed by atoms with Crippen LogP contribution in [0.3, 0.4) is 0 Å². The Balaban J connectivity index is 2.88. The zero-order valence-electron chi connectivity index (χ0n) is 7.88. The molecule has 0 saturated carbocycles. The summed E-state index contributed by atoms with van der Waals surface area (Å²) in [4.78, 5) is 11.1. The molecule has 2 nitrogen and oxygen atoms in total. The minimum Gasteiger partial charge on any atom is -0.298 e. The van der Waals surface area contributed by atoms with Crippen LogP contribution in [0.2, 0.25) is 0 Å². The van der Waals surface area contributed by atoms with E-state index >= 15 is 0 Å². The minimum atomic E-state index is 0.147. The number of rotatable bonds is 3. The highest BCUT2D eigenvalue weighted by molar-refractivity contribution is 9.09. The summed E-state index contributed by atoms with van der Waals surface area (Å²) in [6.07, 6.45) is 0.428. The average Bonchev–Trinajstić information content (AvgIpc) is 2.18. The van der Waals surface area contributed by atoms with Gasteiger partial charge in [0, 0.05) is 6.42 Å². The van der Waals surface area contributed by atoms with Gasteiger partial charge in [-0.3, -0.25) is 4.79 Å². The summed E-state index contributed by atoms with van der Waals surface area (Å²) < 4.78 is 0. The van der Waals surface area contributed by atoms with Crippen LogP contribution in [0.1, 0.15) is 16.7 Å². The van der Waals surface area contributed by atoms with Crippen LogP contribution in [0.4, 0.5) is 0 Å². The number of ketones is 1. The van der Waals surface area contributed by atoms with E-state index in [0.717, 1.165) is 11.1 Å². The molecule has 0 radical (unpaired) electrons. The Labute approximate surface area is 91.7 Å². The molecule has 14 heavy (non-hydrogen) atoms. The molecule has 0 aliphatic carbocycles. The number of alkyl halides is 1. The second-order valence-electron chi connectivity index (χ2n) is 3.11. The molecule has 0 aliphatic rings. The lowest BCUT2D eigenvalue weighted by molar-refractivity contribution is -0.115. The number of carbonyl (C=O) groups excluding carboxylic acids is 1. The fourth-order valence-electron chi connectivity index (χ4n) is 1.24. The van der Waals surface area contributed by atoms with Crippen LogP contribution in [0.25, 0.3) is 0 Å². The van der Waals surface area contributed by atoms with Gasteiger partial charge in [-0.25, -0.2) is 0 Å². The second-order valence-corrected chi connectivity index (χ2v) is 3.67. The summed E-state index contributed by atoms with van der Waals surface area (Å²) in [7, 11) is 0. The first kappa shape index (κ1) is 10.9. The van der Waals surface area contributed by atoms with Gasteiger partial charge < -0.3 is 0 Å². The van der Waals surface area contributed by atoms with Crippen molar-refractivity contribution in [2.75, 3.05) is 5.33 Å². The Kier molecular flexibility index (Phi) is 3.84. The Bertz CT molecular complexity index is 393. The van der Waals surface area contributed by atoms with Gasteiger partial charge in [0.2, 0.25) is 0 Å². The van der Waals surface area contributed by atoms with Crippen LogP contribution < -0.4 is 0 Å². The van der Waals surface area contributed by atoms with E-state index in [4.69, 9.17) is 5.26 Å². The number of aryl methyl sites for hydroxylation is 1. The Morgan fingerprint density at radius 2 is 2.29 bits per heavy atom. The van der Waals surface area contributed by atoms with Crippen molar-refractivity contribution in [2.24, 2.45) is 0 Å². The molecular formula is C11H10BrNO. The lowest BCUT2D eigenvalue weighted by atomic mass is 10.0. The molecule has 0 aliphatic heterocycles. The van der Waals surface area contributed by atoms with Crippen molar-refractivity contribution >= 4 is 21.7 Å². The van der Waals surface area contributed by atoms with Gasteiger partial charge in [-0.15, -0.1) is 0 Å². The lowest BCUT2D eigenvalue weighted by Gasteiger charge is -2.01. The number of hydrogen-bond donors (Lipinski definition) is 0. The van der Waals surface area contributed by atoms with Gasteiger partial charge in [0.25, 0.3) is 0 Å². The summed E-state index contributed by atoms with van der Waals surface area (Å²) in [5, 5.41) is 9.09. The van der Waals surface area contributed by atoms with E-state index in [-0.39, 0.29) is 5.78 Å². The maximum atomic E-state index is 11.1. The van der Waals surface area contributed by atoms with Crippen molar-refractivity contribution in [3.8, 4) is 6.07 Å². The number of Topliss-reactive ketones (excluding diaryl/α,β-unsaturated/α-hetero) is 1. The van der Waals surface area contributed by atoms with Crippen LogP contribution >= 0.6 is 15.9 Å². The van der Waals surface area contributed by atoms with Gasteiger partial charge >= 0.3 is 0 Å². The lowest BCUT2D eigenvalue weighted by Crippen LogP contribution is -2.03. The summed E-state index contributed by atoms with van der Waals surface area (Å²) in [6.45, 7) is 1.88. The molecule has 1 rings (SSSR count). The van der Waals surface area contributed by atoms with Crippen LogP contribution in [0.5, 0.6) is 0 Å². The summed E-state index contributed by atoms with van der Waals surface area (Å²) in [6, 6.07) is 7.57. The van der Waals surface area contributed by atoms with Crippen LogP contribution in [0, 0.1) is 18.3 Å². The molecule has 0 unspecified atom stereocenters. The van der Waals surface area contributed by atoms with E-state index in [2.05, 4.69) is 22.0 Å². The minimum absolute atomic E-state index is 0.147. The quantitative estimate of drug-likeness (QED) is 0.775. The van der Waals surface area contributed by atoms with Gasteiger partial charge in [0.05, 0.1) is 17.0 Å². The monoisotopic (exact) mass is 251 g/mol. The highest BCUT2D eigenvalue weighted by Gasteiger charge is 2.03. The van der Waals surface area contributed by atoms with Crippen molar-refractivity contribution in [1.82, 2.24) is 0 Å². The van der Waals surface area contributed by atoms with Crippen molar-refractivity contribution < 1.29 is 4.79 Å². The second kappa shape index (κ2) is 4.92. The summed E-state index contributed by atoms with van der Waals surface area (Å²) >= 11 is 3.12. The molecular weight excluding hydrogens is 242 g/mol. The zero-order valence-corrected chi connectivity index (χ0v) is 9.47. The van der Waals surface area contributed by atoms with E-state index < -0.39 is 0 Å². The predicted molar refractivity (Wildman–Crippen MR) is 58.4 cm³/mol. The third kappa shape index (κ3) is 2.68. The maximum absolute atomic E-state index is 11.1. The fourth-order valence-corrected chi connectivity index (χ4v) is 1.43. The molecule has 0 spiro atoms. The van der Waals surface area contributed by atoms with E-state index in [1.54, 1.807) is 6.07 Å². The smallest absolute Gasteiger partial charge is 0.147 e. The Morgan fingerprint density at radius 3 is 2.79 bits per heavy atom. The van der Waals surface area contributed by atoms with Gasteiger partial charge in [-0.2, -0.15) is 5.26 Å². The molecule has 0 aromatic heterocycles. The van der Waals surface area contributed by atoms with E-state index in [0.29, 0.717) is 17.3 Å². The number of benzene rings is 1. The molecule has 1 aromatic rings. The number of nitrogens with zero attached hydrogens (tertiary/aromatic N) is 1. The molecule has 0 heterocycles. The standard InChI is InChI=1S/C11H10BrNO/c1-8-4-9(5-11(14)6-12)2-3-10(8)7-13/h2-4H,5-6H2,1H3. The maximum Gasteiger partial charge on any atom is 0.147 e. The predicted octanol–water partition coefficient (Wildman–Crippen LogP) is 2.37. The highest BCUT2D eigenvalue weighted by Crippen LogP contribution is 2.11. The van der Waals surface area contributed by atoms with Gasteiger partial charge in [0.1, 0.15) is 5.78 Å². The van der Waals surface area contributed by atoms with E-state index in [1.165, 1.54) is 0 Å². The molecule has 72 valence electrons. The van der Waals surface area contributed by atoms with Crippen LogP contribution in [-0.2, 0) is 11.2 Å². The largest absolute Gasteiger partial charge is 0.298 e. The Morgan fingerprint density at radius 1 is 1.57 bits per heavy atom. The molecule has 0 amide bonds. The first-order valence-corrected chi connectivity index (χ1v) is 5.37. The zero-order chi connectivity index (χ0) is 10.6. The topological polar surface area (TPSA) is 40.9 Å². The molecule has 0 bridgehead atoms. The van der Waals surface area contributed by atoms with E-state index in [1.807, 2.05) is 19.1 Å². The molecule has 0 fully saturated rings. The van der Waals surface area contributed by atoms with Crippen molar-refractivity contribution in [1.29, 1.82) is 5.26 Å². The first-order valence-electron chi connectivity index (χ1n) is 4.24. The van der Waals surface area contributed by atoms with Gasteiger partial charge in [0.15, 0.2) is 0 Å². The number of hydrogen-bond acceptors (Lipinski definition) is 2. The Hall–Kier alpha value is -1.14. The number of carbonyl (C=O) groups is 1. The van der Waals surface area contributed by atoms with Gasteiger partial charge in [-0.1, -0.05) is 28.1 Å². The van der Waals surface area contributed by atoms with E-state index in [9.17, 15) is 4.79 Å². The van der Waals surface area contributed by atoms with Crippen LogP contribution in [-0.4, -0.2) is 11.1 Å². The van der Waals surface area contributed by atoms with Crippen molar-refractivity contribution in [3.63, 3.8) is 0 Å². The molecule has 3 heteroatoms. The molecule has 0 N–H and O–H groups in total. The third-order valence-corrected chi connectivity index (χ3v) is 2.59. The first-order chi connectivity index (χ1) is 6.67. The number of nitriles is 1. The molecule has 1 aromatic carbocycles. The fraction of sp³-hybridized carbons (Fsp3) is 0.273. The average molecular weight is 252 g/mol. The highest BCUT2D eigenvalue weighted by atomic mass is 79.9. The normalized spacial score (nSPS) is 9.50. The number of halogens is 1. The summed E-state index contributed by atoms with van der Waals surface area (Å²) in [5.74, 6) is 0.147. The third-order valence-electron chi connectivity index (χ3n) is 1.96. The SMILES string of the molecule is Cc1cc(CC(=O)CBr)ccc1C#N. The molecule has 0 saturated heterocycles. The summed E-state index contributed by atoms with van der Waals surface area (Å²) in [5.41, 5.74) is 2.55. The van der Waals surface area contributed by atoms with Crippen molar-refractivity contribution in [3.05, 3.63) is 34.9 Å².